The fourth-order valence-corrected chi connectivity index (χ4v) is 4.13. The minimum absolute atomic E-state index is 0.0505. The van der Waals surface area contributed by atoms with Crippen LogP contribution in [0.5, 0.6) is 5.75 Å². The smallest absolute Gasteiger partial charge is 0.278 e. The lowest BCUT2D eigenvalue weighted by molar-refractivity contribution is -0.138. The van der Waals surface area contributed by atoms with Gasteiger partial charge in [-0.15, -0.1) is 0 Å². The molecule has 3 aromatic rings. The zero-order chi connectivity index (χ0) is 27.1. The van der Waals surface area contributed by atoms with E-state index in [9.17, 15) is 14.4 Å². The molecule has 0 bridgehead atoms. The van der Waals surface area contributed by atoms with E-state index in [2.05, 4.69) is 17.6 Å². The standard InChI is InChI=1S/C29H27Cl2N3O4/c1-2-3-16-38-24-14-12-23(13-15-24)33-27(35)21-8-4-19(5-9-21)17-32-26-25(31)28(36)34(29(26)37)18-20-6-10-22(30)11-7-20/h4-15,32H,2-3,16-18H2,1H3,(H,33,35). The van der Waals surface area contributed by atoms with Gasteiger partial charge in [0.2, 0.25) is 0 Å². The Balaban J connectivity index is 1.31. The first-order chi connectivity index (χ1) is 18.4. The van der Waals surface area contributed by atoms with E-state index in [1.165, 1.54) is 0 Å². The van der Waals surface area contributed by atoms with Gasteiger partial charge in [-0.05, 0) is 66.1 Å². The predicted molar refractivity (Wildman–Crippen MR) is 148 cm³/mol. The molecular weight excluding hydrogens is 525 g/mol. The van der Waals surface area contributed by atoms with Crippen molar-refractivity contribution in [3.05, 3.63) is 105 Å². The molecule has 1 aliphatic rings. The zero-order valence-corrected chi connectivity index (χ0v) is 22.3. The van der Waals surface area contributed by atoms with Crippen molar-refractivity contribution in [3.8, 4) is 5.75 Å². The fraction of sp³-hybridized carbons (Fsp3) is 0.207. The van der Waals surface area contributed by atoms with Gasteiger partial charge in [0.15, 0.2) is 0 Å². The number of imide groups is 1. The summed E-state index contributed by atoms with van der Waals surface area (Å²) in [5.74, 6) is -0.530. The maximum absolute atomic E-state index is 12.8. The second-order valence-corrected chi connectivity index (χ2v) is 9.56. The molecule has 3 aromatic carbocycles. The molecule has 1 aliphatic heterocycles. The zero-order valence-electron chi connectivity index (χ0n) is 20.8. The Morgan fingerprint density at radius 3 is 2.18 bits per heavy atom. The van der Waals surface area contributed by atoms with E-state index in [1.807, 2.05) is 12.1 Å². The van der Waals surface area contributed by atoms with E-state index in [1.54, 1.807) is 60.7 Å². The van der Waals surface area contributed by atoms with Gasteiger partial charge < -0.3 is 15.4 Å². The number of amides is 3. The lowest BCUT2D eigenvalue weighted by Gasteiger charge is -2.15. The van der Waals surface area contributed by atoms with E-state index in [0.29, 0.717) is 22.9 Å². The molecule has 0 saturated carbocycles. The van der Waals surface area contributed by atoms with Crippen molar-refractivity contribution >= 4 is 46.6 Å². The van der Waals surface area contributed by atoms with Crippen LogP contribution in [0.3, 0.4) is 0 Å². The largest absolute Gasteiger partial charge is 0.494 e. The highest BCUT2D eigenvalue weighted by molar-refractivity contribution is 6.47. The lowest BCUT2D eigenvalue weighted by Crippen LogP contribution is -2.33. The number of carbonyl (C=O) groups excluding carboxylic acids is 3. The van der Waals surface area contributed by atoms with Gasteiger partial charge >= 0.3 is 0 Å². The average molecular weight is 552 g/mol. The summed E-state index contributed by atoms with van der Waals surface area (Å²) in [7, 11) is 0. The van der Waals surface area contributed by atoms with Crippen LogP contribution in [0.1, 0.15) is 41.3 Å². The fourth-order valence-electron chi connectivity index (χ4n) is 3.75. The minimum Gasteiger partial charge on any atom is -0.494 e. The van der Waals surface area contributed by atoms with Gasteiger partial charge in [0.05, 0.1) is 13.2 Å². The average Bonchev–Trinajstić information content (AvgIpc) is 3.12. The third-order valence-electron chi connectivity index (χ3n) is 5.93. The molecule has 38 heavy (non-hydrogen) atoms. The summed E-state index contributed by atoms with van der Waals surface area (Å²) in [6.45, 7) is 3.11. The van der Waals surface area contributed by atoms with Gasteiger partial charge in [-0.2, -0.15) is 0 Å². The molecule has 1 heterocycles. The van der Waals surface area contributed by atoms with E-state index in [0.717, 1.165) is 34.6 Å². The van der Waals surface area contributed by atoms with Crippen LogP contribution in [-0.2, 0) is 22.7 Å². The summed E-state index contributed by atoms with van der Waals surface area (Å²) in [5, 5.41) is 6.25. The molecule has 0 fully saturated rings. The Kier molecular flexibility index (Phi) is 9.05. The molecule has 0 aliphatic carbocycles. The summed E-state index contributed by atoms with van der Waals surface area (Å²) < 4.78 is 5.64. The van der Waals surface area contributed by atoms with Crippen LogP contribution in [0, 0.1) is 0 Å². The second kappa shape index (κ2) is 12.6. The molecule has 0 saturated heterocycles. The maximum atomic E-state index is 12.8. The number of halogens is 2. The lowest BCUT2D eigenvalue weighted by atomic mass is 10.1. The summed E-state index contributed by atoms with van der Waals surface area (Å²) in [4.78, 5) is 39.1. The van der Waals surface area contributed by atoms with Crippen LogP contribution < -0.4 is 15.4 Å². The third-order valence-corrected chi connectivity index (χ3v) is 6.53. The highest BCUT2D eigenvalue weighted by Gasteiger charge is 2.37. The molecule has 0 radical (unpaired) electrons. The monoisotopic (exact) mass is 551 g/mol. The molecular formula is C29H27Cl2N3O4. The van der Waals surface area contributed by atoms with E-state index < -0.39 is 11.8 Å². The molecule has 4 rings (SSSR count). The van der Waals surface area contributed by atoms with Crippen molar-refractivity contribution in [3.63, 3.8) is 0 Å². The minimum atomic E-state index is -0.554. The SMILES string of the molecule is CCCCOc1ccc(NC(=O)c2ccc(CNC3=C(Cl)C(=O)N(Cc4ccc(Cl)cc4)C3=O)cc2)cc1. The Morgan fingerprint density at radius 2 is 1.53 bits per heavy atom. The number of rotatable bonds is 11. The Hall–Kier alpha value is -3.81. The molecule has 2 N–H and O–H groups in total. The number of nitrogens with zero attached hydrogens (tertiary/aromatic N) is 1. The van der Waals surface area contributed by atoms with Gasteiger partial charge in [-0.1, -0.05) is 60.8 Å². The predicted octanol–water partition coefficient (Wildman–Crippen LogP) is 5.88. The van der Waals surface area contributed by atoms with Gasteiger partial charge in [0, 0.05) is 22.8 Å². The van der Waals surface area contributed by atoms with Crippen LogP contribution in [0.4, 0.5) is 5.69 Å². The highest BCUT2D eigenvalue weighted by Crippen LogP contribution is 2.25. The maximum Gasteiger partial charge on any atom is 0.278 e. The highest BCUT2D eigenvalue weighted by atomic mass is 35.5. The molecule has 9 heteroatoms. The normalized spacial score (nSPS) is 13.2. The number of anilines is 1. The Labute approximate surface area is 231 Å². The van der Waals surface area contributed by atoms with Crippen molar-refractivity contribution in [1.29, 1.82) is 0 Å². The molecule has 0 atom stereocenters. The second-order valence-electron chi connectivity index (χ2n) is 8.74. The molecule has 0 aromatic heterocycles. The Morgan fingerprint density at radius 1 is 0.868 bits per heavy atom. The third kappa shape index (κ3) is 6.73. The first kappa shape index (κ1) is 27.2. The number of hydrogen-bond acceptors (Lipinski definition) is 5. The number of carbonyl (C=O) groups is 3. The number of ether oxygens (including phenoxy) is 1. The summed E-state index contributed by atoms with van der Waals surface area (Å²) in [6.07, 6.45) is 2.06. The van der Waals surface area contributed by atoms with Gasteiger partial charge in [0.25, 0.3) is 17.7 Å². The van der Waals surface area contributed by atoms with Crippen LogP contribution >= 0.6 is 23.2 Å². The molecule has 196 valence electrons. The topological polar surface area (TPSA) is 87.7 Å². The van der Waals surface area contributed by atoms with Crippen molar-refractivity contribution < 1.29 is 19.1 Å². The van der Waals surface area contributed by atoms with Crippen LogP contribution in [-0.4, -0.2) is 29.2 Å². The Bertz CT molecular complexity index is 1340. The number of nitrogens with one attached hydrogen (secondary N) is 2. The molecule has 0 unspecified atom stereocenters. The van der Waals surface area contributed by atoms with E-state index >= 15 is 0 Å². The number of benzene rings is 3. The van der Waals surface area contributed by atoms with Gasteiger partial charge in [0.1, 0.15) is 16.5 Å². The van der Waals surface area contributed by atoms with Crippen molar-refractivity contribution in [2.24, 2.45) is 0 Å². The first-order valence-electron chi connectivity index (χ1n) is 12.2. The number of unbranched alkanes of at least 4 members (excludes halogenated alkanes) is 1. The molecule has 7 nitrogen and oxygen atoms in total. The molecule has 0 spiro atoms. The van der Waals surface area contributed by atoms with Crippen LogP contribution in [0.25, 0.3) is 0 Å². The van der Waals surface area contributed by atoms with Crippen LogP contribution in [0.2, 0.25) is 5.02 Å². The molecule has 3 amide bonds. The van der Waals surface area contributed by atoms with Crippen molar-refractivity contribution in [2.45, 2.75) is 32.9 Å². The summed E-state index contributed by atoms with van der Waals surface area (Å²) >= 11 is 12.1. The van der Waals surface area contributed by atoms with Gasteiger partial charge in [-0.25, -0.2) is 0 Å². The summed E-state index contributed by atoms with van der Waals surface area (Å²) in [5.41, 5.74) is 2.76. The quantitative estimate of drug-likeness (QED) is 0.229. The van der Waals surface area contributed by atoms with Crippen molar-refractivity contribution in [1.82, 2.24) is 10.2 Å². The van der Waals surface area contributed by atoms with E-state index in [4.69, 9.17) is 27.9 Å². The van der Waals surface area contributed by atoms with Gasteiger partial charge in [-0.3, -0.25) is 19.3 Å². The van der Waals surface area contributed by atoms with Crippen molar-refractivity contribution in [2.75, 3.05) is 11.9 Å². The number of hydrogen-bond donors (Lipinski definition) is 2. The van der Waals surface area contributed by atoms with Crippen LogP contribution in [0.15, 0.2) is 83.5 Å². The van der Waals surface area contributed by atoms with E-state index in [-0.39, 0.29) is 29.7 Å². The first-order valence-corrected chi connectivity index (χ1v) is 13.0. The summed E-state index contributed by atoms with van der Waals surface area (Å²) in [6, 6.07) is 21.1.